The maximum atomic E-state index is 13.2. The second-order valence-corrected chi connectivity index (χ2v) is 9.67. The molecule has 1 fully saturated rings. The van der Waals surface area contributed by atoms with E-state index < -0.39 is 0 Å². The molecule has 0 N–H and O–H groups in total. The monoisotopic (exact) mass is 490 g/mol. The summed E-state index contributed by atoms with van der Waals surface area (Å²) >= 11 is 5.20. The van der Waals surface area contributed by atoms with Crippen LogP contribution in [0, 0.1) is 0 Å². The summed E-state index contributed by atoms with van der Waals surface area (Å²) in [6, 6.07) is 27.6. The Bertz CT molecular complexity index is 1180. The lowest BCUT2D eigenvalue weighted by molar-refractivity contribution is 0.0599. The maximum Gasteiger partial charge on any atom is 0.255 e. The van der Waals surface area contributed by atoms with E-state index in [2.05, 4.69) is 81.5 Å². The number of benzene rings is 3. The molecule has 1 aliphatic heterocycles. The standard InChI is InChI=1S/C26H23BrN2OS/c27-21-12-10-20(11-13-21)25(19-6-2-1-3-7-19)28-14-16-29(17-15-28)26(30)23-18-31-24-9-5-4-8-22(23)24/h1-13,18,25H,14-17H2/t25-/m1/s1. The molecule has 3 nitrogen and oxygen atoms in total. The number of halogens is 1. The third-order valence-corrected chi connectivity index (χ3v) is 7.47. The number of carbonyl (C=O) groups excluding carboxylic acids is 1. The quantitative estimate of drug-likeness (QED) is 0.339. The van der Waals surface area contributed by atoms with Gasteiger partial charge < -0.3 is 4.90 Å². The van der Waals surface area contributed by atoms with E-state index in [4.69, 9.17) is 0 Å². The van der Waals surface area contributed by atoms with Crippen LogP contribution in [0.25, 0.3) is 10.1 Å². The smallest absolute Gasteiger partial charge is 0.255 e. The van der Waals surface area contributed by atoms with Crippen LogP contribution in [0.2, 0.25) is 0 Å². The van der Waals surface area contributed by atoms with Gasteiger partial charge in [-0.1, -0.05) is 76.6 Å². The van der Waals surface area contributed by atoms with Crippen molar-refractivity contribution < 1.29 is 4.79 Å². The highest BCUT2D eigenvalue weighted by atomic mass is 79.9. The lowest BCUT2D eigenvalue weighted by atomic mass is 9.96. The average Bonchev–Trinajstić information content (AvgIpc) is 3.25. The first-order chi connectivity index (χ1) is 15.2. The van der Waals surface area contributed by atoms with Crippen molar-refractivity contribution in [1.82, 2.24) is 9.80 Å². The molecule has 5 rings (SSSR count). The van der Waals surface area contributed by atoms with Crippen LogP contribution in [0.3, 0.4) is 0 Å². The summed E-state index contributed by atoms with van der Waals surface area (Å²) in [5.74, 6) is 0.150. The largest absolute Gasteiger partial charge is 0.336 e. The number of hydrogen-bond acceptors (Lipinski definition) is 3. The first kappa shape index (κ1) is 20.4. The number of hydrogen-bond donors (Lipinski definition) is 0. The zero-order chi connectivity index (χ0) is 21.2. The first-order valence-corrected chi connectivity index (χ1v) is 12.2. The van der Waals surface area contributed by atoms with Crippen LogP contribution in [-0.4, -0.2) is 41.9 Å². The Morgan fingerprint density at radius 3 is 2.19 bits per heavy atom. The molecule has 1 amide bonds. The third kappa shape index (κ3) is 4.18. The number of fused-ring (bicyclic) bond motifs is 1. The minimum Gasteiger partial charge on any atom is -0.336 e. The fourth-order valence-electron chi connectivity index (χ4n) is 4.39. The highest BCUT2D eigenvalue weighted by molar-refractivity contribution is 9.10. The minimum atomic E-state index is 0.150. The van der Waals surface area contributed by atoms with Crippen molar-refractivity contribution in [2.24, 2.45) is 0 Å². The van der Waals surface area contributed by atoms with Crippen molar-refractivity contribution in [1.29, 1.82) is 0 Å². The van der Waals surface area contributed by atoms with Gasteiger partial charge in [-0.2, -0.15) is 0 Å². The number of piperazine rings is 1. The van der Waals surface area contributed by atoms with Gasteiger partial charge in [0.15, 0.2) is 0 Å². The van der Waals surface area contributed by atoms with Crippen LogP contribution < -0.4 is 0 Å². The Balaban J connectivity index is 1.36. The van der Waals surface area contributed by atoms with Crippen LogP contribution in [-0.2, 0) is 0 Å². The molecule has 0 saturated carbocycles. The summed E-state index contributed by atoms with van der Waals surface area (Å²) in [6.45, 7) is 3.18. The van der Waals surface area contributed by atoms with E-state index in [-0.39, 0.29) is 11.9 Å². The molecular formula is C26H23BrN2OS. The Hall–Kier alpha value is -2.47. The van der Waals surface area contributed by atoms with Crippen LogP contribution in [0.1, 0.15) is 27.5 Å². The van der Waals surface area contributed by atoms with Crippen LogP contribution in [0.15, 0.2) is 88.7 Å². The maximum absolute atomic E-state index is 13.2. The van der Waals surface area contributed by atoms with E-state index in [0.29, 0.717) is 0 Å². The van der Waals surface area contributed by atoms with Gasteiger partial charge in [0.1, 0.15) is 0 Å². The molecule has 1 saturated heterocycles. The fraction of sp³-hybridized carbons (Fsp3) is 0.192. The normalized spacial score (nSPS) is 15.8. The number of amides is 1. The Morgan fingerprint density at radius 2 is 1.45 bits per heavy atom. The highest BCUT2D eigenvalue weighted by Crippen LogP contribution is 2.31. The molecule has 2 heterocycles. The topological polar surface area (TPSA) is 23.6 Å². The van der Waals surface area contributed by atoms with Gasteiger partial charge in [0.05, 0.1) is 11.6 Å². The van der Waals surface area contributed by atoms with Gasteiger partial charge in [0, 0.05) is 46.1 Å². The third-order valence-electron chi connectivity index (χ3n) is 5.98. The van der Waals surface area contributed by atoms with Crippen molar-refractivity contribution in [2.75, 3.05) is 26.2 Å². The molecule has 4 aromatic rings. The van der Waals surface area contributed by atoms with Gasteiger partial charge in [0.2, 0.25) is 0 Å². The molecule has 156 valence electrons. The van der Waals surface area contributed by atoms with Crippen molar-refractivity contribution in [3.8, 4) is 0 Å². The summed E-state index contributed by atoms with van der Waals surface area (Å²) in [5.41, 5.74) is 3.40. The van der Waals surface area contributed by atoms with Crippen LogP contribution in [0.4, 0.5) is 0 Å². The molecule has 3 aromatic carbocycles. The second kappa shape index (κ2) is 8.95. The number of nitrogens with zero attached hydrogens (tertiary/aromatic N) is 2. The summed E-state index contributed by atoms with van der Waals surface area (Å²) in [5, 5.41) is 3.07. The predicted molar refractivity (Wildman–Crippen MR) is 132 cm³/mol. The molecule has 0 radical (unpaired) electrons. The Kier molecular flexibility index (Phi) is 5.90. The van der Waals surface area contributed by atoms with E-state index in [9.17, 15) is 4.79 Å². The lowest BCUT2D eigenvalue weighted by Crippen LogP contribution is -2.49. The van der Waals surface area contributed by atoms with Gasteiger partial charge in [-0.25, -0.2) is 0 Å². The number of rotatable bonds is 4. The molecule has 1 atom stereocenters. The molecule has 0 bridgehead atoms. The minimum absolute atomic E-state index is 0.150. The first-order valence-electron chi connectivity index (χ1n) is 10.5. The predicted octanol–water partition coefficient (Wildman–Crippen LogP) is 6.21. The van der Waals surface area contributed by atoms with E-state index in [1.54, 1.807) is 11.3 Å². The van der Waals surface area contributed by atoms with Crippen LogP contribution in [0.5, 0.6) is 0 Å². The van der Waals surface area contributed by atoms with Crippen molar-refractivity contribution >= 4 is 43.3 Å². The Morgan fingerprint density at radius 1 is 0.806 bits per heavy atom. The molecule has 1 aromatic heterocycles. The van der Waals surface area contributed by atoms with E-state index in [1.165, 1.54) is 15.8 Å². The Labute approximate surface area is 195 Å². The van der Waals surface area contributed by atoms with Gasteiger partial charge in [-0.3, -0.25) is 9.69 Å². The van der Waals surface area contributed by atoms with E-state index >= 15 is 0 Å². The van der Waals surface area contributed by atoms with Crippen molar-refractivity contribution in [3.05, 3.63) is 105 Å². The summed E-state index contributed by atoms with van der Waals surface area (Å²) in [4.78, 5) is 17.7. The van der Waals surface area contributed by atoms with Crippen LogP contribution >= 0.6 is 27.3 Å². The van der Waals surface area contributed by atoms with Gasteiger partial charge in [-0.15, -0.1) is 11.3 Å². The summed E-state index contributed by atoms with van der Waals surface area (Å²) < 4.78 is 2.25. The van der Waals surface area contributed by atoms with E-state index in [0.717, 1.165) is 41.6 Å². The zero-order valence-corrected chi connectivity index (χ0v) is 19.5. The highest BCUT2D eigenvalue weighted by Gasteiger charge is 2.29. The van der Waals surface area contributed by atoms with Crippen molar-refractivity contribution in [3.63, 3.8) is 0 Å². The molecule has 5 heteroatoms. The average molecular weight is 491 g/mol. The van der Waals surface area contributed by atoms with Gasteiger partial charge in [0.25, 0.3) is 5.91 Å². The molecular weight excluding hydrogens is 468 g/mol. The molecule has 0 aliphatic carbocycles. The summed E-state index contributed by atoms with van der Waals surface area (Å²) in [7, 11) is 0. The second-order valence-electron chi connectivity index (χ2n) is 7.84. The fourth-order valence-corrected chi connectivity index (χ4v) is 5.59. The molecule has 31 heavy (non-hydrogen) atoms. The van der Waals surface area contributed by atoms with E-state index in [1.807, 2.05) is 28.5 Å². The van der Waals surface area contributed by atoms with Gasteiger partial charge in [-0.05, 0) is 29.3 Å². The number of thiophene rings is 1. The SMILES string of the molecule is O=C(c1csc2ccccc12)N1CCN([C@H](c2ccccc2)c2ccc(Br)cc2)CC1. The lowest BCUT2D eigenvalue weighted by Gasteiger charge is -2.39. The summed E-state index contributed by atoms with van der Waals surface area (Å²) in [6.07, 6.45) is 0. The van der Waals surface area contributed by atoms with Crippen molar-refractivity contribution in [2.45, 2.75) is 6.04 Å². The molecule has 0 spiro atoms. The molecule has 0 unspecified atom stereocenters. The molecule has 1 aliphatic rings. The zero-order valence-electron chi connectivity index (χ0n) is 17.1. The number of carbonyl (C=O) groups is 1. The van der Waals surface area contributed by atoms with Gasteiger partial charge >= 0.3 is 0 Å².